The first-order valence-electron chi connectivity index (χ1n) is 6.02. The number of carbonyl (C=O) groups is 2. The third-order valence-corrected chi connectivity index (χ3v) is 3.35. The van der Waals surface area contributed by atoms with Crippen LogP contribution in [-0.4, -0.2) is 23.7 Å². The number of hydrogen-bond acceptors (Lipinski definition) is 2. The smallest absolute Gasteiger partial charge is 0.319 e. The van der Waals surface area contributed by atoms with Gasteiger partial charge in [0.2, 0.25) is 0 Å². The summed E-state index contributed by atoms with van der Waals surface area (Å²) in [5, 5.41) is 14.7. The third kappa shape index (κ3) is 5.27. The molecular formula is C13H16Cl2N2O3. The molecule has 0 heterocycles. The Bertz CT molecular complexity index is 521. The number of benzene rings is 1. The summed E-state index contributed by atoms with van der Waals surface area (Å²) < 4.78 is 0. The van der Waals surface area contributed by atoms with E-state index in [9.17, 15) is 9.59 Å². The second kappa shape index (κ2) is 7.36. The lowest BCUT2D eigenvalue weighted by molar-refractivity contribution is -0.137. The minimum Gasteiger partial charge on any atom is -0.481 e. The standard InChI is InChI=1S/C13H16Cl2N2O3/c1-7(3-12(18)19)6-16-13(20)17-11-5-9(14)8(2)4-10(11)15/h4-5,7H,3,6H2,1-2H3,(H,18,19)(H2,16,17,20). The van der Waals surface area contributed by atoms with E-state index in [0.29, 0.717) is 15.7 Å². The quantitative estimate of drug-likeness (QED) is 0.777. The first kappa shape index (κ1) is 16.6. The molecule has 2 amide bonds. The van der Waals surface area contributed by atoms with E-state index in [1.54, 1.807) is 19.1 Å². The van der Waals surface area contributed by atoms with Crippen LogP contribution >= 0.6 is 23.2 Å². The summed E-state index contributed by atoms with van der Waals surface area (Å²) in [6, 6.07) is 2.77. The highest BCUT2D eigenvalue weighted by Crippen LogP contribution is 2.28. The minimum absolute atomic E-state index is 0.00258. The number of halogens is 2. The summed E-state index contributed by atoms with van der Waals surface area (Å²) in [5.41, 5.74) is 1.23. The van der Waals surface area contributed by atoms with E-state index < -0.39 is 12.0 Å². The van der Waals surface area contributed by atoms with E-state index in [1.807, 2.05) is 6.92 Å². The van der Waals surface area contributed by atoms with Gasteiger partial charge in [0.25, 0.3) is 0 Å². The van der Waals surface area contributed by atoms with Gasteiger partial charge in [-0.15, -0.1) is 0 Å². The second-order valence-electron chi connectivity index (χ2n) is 4.62. The van der Waals surface area contributed by atoms with E-state index in [2.05, 4.69) is 10.6 Å². The summed E-state index contributed by atoms with van der Waals surface area (Å²) >= 11 is 12.0. The number of anilines is 1. The van der Waals surface area contributed by atoms with Crippen molar-refractivity contribution in [2.45, 2.75) is 20.3 Å². The molecule has 110 valence electrons. The molecule has 0 saturated carbocycles. The predicted molar refractivity (Wildman–Crippen MR) is 79.6 cm³/mol. The van der Waals surface area contributed by atoms with E-state index in [0.717, 1.165) is 5.56 Å². The normalized spacial score (nSPS) is 11.8. The van der Waals surface area contributed by atoms with Gasteiger partial charge in [0, 0.05) is 18.0 Å². The van der Waals surface area contributed by atoms with Gasteiger partial charge in [-0.25, -0.2) is 4.79 Å². The van der Waals surface area contributed by atoms with Crippen molar-refractivity contribution in [2.24, 2.45) is 5.92 Å². The minimum atomic E-state index is -0.895. The number of aliphatic carboxylic acids is 1. The van der Waals surface area contributed by atoms with Crippen LogP contribution in [0.1, 0.15) is 18.9 Å². The molecule has 5 nitrogen and oxygen atoms in total. The zero-order valence-electron chi connectivity index (χ0n) is 11.2. The average molecular weight is 319 g/mol. The number of urea groups is 1. The Morgan fingerprint density at radius 1 is 1.30 bits per heavy atom. The molecule has 1 unspecified atom stereocenters. The number of amides is 2. The van der Waals surface area contributed by atoms with Crippen LogP contribution in [0.4, 0.5) is 10.5 Å². The second-order valence-corrected chi connectivity index (χ2v) is 5.43. The van der Waals surface area contributed by atoms with E-state index in [4.69, 9.17) is 28.3 Å². The molecule has 0 aliphatic carbocycles. The van der Waals surface area contributed by atoms with Crippen molar-refractivity contribution in [3.8, 4) is 0 Å². The number of rotatable bonds is 5. The van der Waals surface area contributed by atoms with Crippen molar-refractivity contribution in [1.29, 1.82) is 0 Å². The molecule has 3 N–H and O–H groups in total. The van der Waals surface area contributed by atoms with Crippen molar-refractivity contribution in [3.63, 3.8) is 0 Å². The molecule has 1 rings (SSSR count). The van der Waals surface area contributed by atoms with Gasteiger partial charge in [-0.05, 0) is 30.5 Å². The number of carbonyl (C=O) groups excluding carboxylic acids is 1. The molecule has 0 saturated heterocycles. The van der Waals surface area contributed by atoms with Crippen LogP contribution in [0.3, 0.4) is 0 Å². The lowest BCUT2D eigenvalue weighted by atomic mass is 10.1. The molecule has 0 radical (unpaired) electrons. The van der Waals surface area contributed by atoms with E-state index in [-0.39, 0.29) is 18.9 Å². The van der Waals surface area contributed by atoms with E-state index in [1.165, 1.54) is 0 Å². The van der Waals surface area contributed by atoms with Gasteiger partial charge in [-0.3, -0.25) is 4.79 Å². The number of hydrogen-bond donors (Lipinski definition) is 3. The van der Waals surface area contributed by atoms with Crippen LogP contribution in [0, 0.1) is 12.8 Å². The molecular weight excluding hydrogens is 303 g/mol. The van der Waals surface area contributed by atoms with Crippen molar-refractivity contribution >= 4 is 40.9 Å². The zero-order chi connectivity index (χ0) is 15.3. The fourth-order valence-corrected chi connectivity index (χ4v) is 1.97. The molecule has 0 aromatic heterocycles. The van der Waals surface area contributed by atoms with Gasteiger partial charge in [0.05, 0.1) is 10.7 Å². The molecule has 1 aromatic rings. The van der Waals surface area contributed by atoms with Gasteiger partial charge >= 0.3 is 12.0 Å². The maximum atomic E-state index is 11.7. The highest BCUT2D eigenvalue weighted by molar-refractivity contribution is 6.36. The van der Waals surface area contributed by atoms with Gasteiger partial charge in [-0.1, -0.05) is 30.1 Å². The lowest BCUT2D eigenvalue weighted by Gasteiger charge is -2.13. The molecule has 0 bridgehead atoms. The summed E-state index contributed by atoms with van der Waals surface area (Å²) in [5.74, 6) is -1.05. The van der Waals surface area contributed by atoms with Gasteiger partial charge in [-0.2, -0.15) is 0 Å². The Hall–Kier alpha value is -1.46. The van der Waals surface area contributed by atoms with Crippen molar-refractivity contribution in [3.05, 3.63) is 27.7 Å². The molecule has 1 aromatic carbocycles. The van der Waals surface area contributed by atoms with Crippen molar-refractivity contribution in [2.75, 3.05) is 11.9 Å². The van der Waals surface area contributed by atoms with Gasteiger partial charge in [0.15, 0.2) is 0 Å². The summed E-state index contributed by atoms with van der Waals surface area (Å²) in [6.45, 7) is 3.81. The third-order valence-electron chi connectivity index (χ3n) is 2.63. The molecule has 0 aliphatic heterocycles. The zero-order valence-corrected chi connectivity index (χ0v) is 12.7. The Labute approximate surface area is 127 Å². The summed E-state index contributed by atoms with van der Waals surface area (Å²) in [7, 11) is 0. The topological polar surface area (TPSA) is 78.4 Å². The Morgan fingerprint density at radius 2 is 1.95 bits per heavy atom. The molecule has 20 heavy (non-hydrogen) atoms. The van der Waals surface area contributed by atoms with Crippen LogP contribution in [0.2, 0.25) is 10.0 Å². The van der Waals surface area contributed by atoms with Crippen LogP contribution in [0.15, 0.2) is 12.1 Å². The number of carboxylic acids is 1. The molecule has 0 fully saturated rings. The number of aryl methyl sites for hydroxylation is 1. The number of nitrogens with one attached hydrogen (secondary N) is 2. The first-order valence-corrected chi connectivity index (χ1v) is 6.77. The Balaban J connectivity index is 2.55. The Morgan fingerprint density at radius 3 is 2.55 bits per heavy atom. The lowest BCUT2D eigenvalue weighted by Crippen LogP contribution is -2.33. The Kier molecular flexibility index (Phi) is 6.10. The van der Waals surface area contributed by atoms with Crippen LogP contribution < -0.4 is 10.6 Å². The molecule has 7 heteroatoms. The maximum absolute atomic E-state index is 11.7. The van der Waals surface area contributed by atoms with Crippen LogP contribution in [0.5, 0.6) is 0 Å². The largest absolute Gasteiger partial charge is 0.481 e. The maximum Gasteiger partial charge on any atom is 0.319 e. The molecule has 1 atom stereocenters. The van der Waals surface area contributed by atoms with Crippen LogP contribution in [0.25, 0.3) is 0 Å². The molecule has 0 aliphatic rings. The van der Waals surface area contributed by atoms with Crippen molar-refractivity contribution < 1.29 is 14.7 Å². The molecule has 0 spiro atoms. The number of carboxylic acid groups (broad SMARTS) is 1. The van der Waals surface area contributed by atoms with Gasteiger partial charge in [0.1, 0.15) is 0 Å². The van der Waals surface area contributed by atoms with Gasteiger partial charge < -0.3 is 15.7 Å². The summed E-state index contributed by atoms with van der Waals surface area (Å²) in [6.07, 6.45) is -0.00258. The van der Waals surface area contributed by atoms with Crippen molar-refractivity contribution in [1.82, 2.24) is 5.32 Å². The first-order chi connectivity index (χ1) is 9.29. The average Bonchev–Trinajstić information content (AvgIpc) is 2.32. The fraction of sp³-hybridized carbons (Fsp3) is 0.385. The predicted octanol–water partition coefficient (Wildman–Crippen LogP) is 3.53. The highest BCUT2D eigenvalue weighted by Gasteiger charge is 2.11. The van der Waals surface area contributed by atoms with E-state index >= 15 is 0 Å². The SMILES string of the molecule is Cc1cc(Cl)c(NC(=O)NCC(C)CC(=O)O)cc1Cl. The monoisotopic (exact) mass is 318 g/mol. The van der Waals surface area contributed by atoms with Crippen LogP contribution in [-0.2, 0) is 4.79 Å². The highest BCUT2D eigenvalue weighted by atomic mass is 35.5. The summed E-state index contributed by atoms with van der Waals surface area (Å²) in [4.78, 5) is 22.2. The fourth-order valence-electron chi connectivity index (χ4n) is 1.55.